The second-order valence-electron chi connectivity index (χ2n) is 7.04. The summed E-state index contributed by atoms with van der Waals surface area (Å²) in [6.45, 7) is 2.79. The van der Waals surface area contributed by atoms with Crippen molar-refractivity contribution in [3.8, 4) is 0 Å². The van der Waals surface area contributed by atoms with Crippen molar-refractivity contribution in [3.05, 3.63) is 88.7 Å². The van der Waals surface area contributed by atoms with Gasteiger partial charge in [-0.15, -0.1) is 0 Å². The first-order valence-corrected chi connectivity index (χ1v) is 9.29. The lowest BCUT2D eigenvalue weighted by Gasteiger charge is -2.23. The first kappa shape index (κ1) is 16.6. The summed E-state index contributed by atoms with van der Waals surface area (Å²) in [5.41, 5.74) is 6.76. The van der Waals surface area contributed by atoms with Crippen LogP contribution in [0.5, 0.6) is 0 Å². The Balaban J connectivity index is 1.73. The minimum absolute atomic E-state index is 0.0669. The monoisotopic (exact) mass is 344 g/mol. The highest BCUT2D eigenvalue weighted by molar-refractivity contribution is 6.06. The van der Waals surface area contributed by atoms with E-state index in [0.717, 1.165) is 30.5 Å². The quantitative estimate of drug-likeness (QED) is 0.674. The molecule has 0 radical (unpaired) electrons. The molecule has 0 saturated carbocycles. The molecule has 2 aromatic carbocycles. The van der Waals surface area contributed by atoms with E-state index in [9.17, 15) is 4.79 Å². The maximum absolute atomic E-state index is 13.3. The third kappa shape index (κ3) is 2.94. The predicted octanol–water partition coefficient (Wildman–Crippen LogP) is 4.73. The Morgan fingerprint density at radius 2 is 1.77 bits per heavy atom. The second-order valence-corrected chi connectivity index (χ2v) is 7.04. The summed E-state index contributed by atoms with van der Waals surface area (Å²) in [5.74, 6) is 0.0669. The molecule has 1 aliphatic heterocycles. The van der Waals surface area contributed by atoms with Crippen LogP contribution in [-0.4, -0.2) is 10.5 Å². The summed E-state index contributed by atoms with van der Waals surface area (Å²) < 4.78 is 2.17. The summed E-state index contributed by atoms with van der Waals surface area (Å²) >= 11 is 0. The van der Waals surface area contributed by atoms with E-state index in [4.69, 9.17) is 0 Å². The Morgan fingerprint density at radius 3 is 2.54 bits per heavy atom. The number of carbonyl (C=O) groups excluding carboxylic acids is 1. The van der Waals surface area contributed by atoms with Crippen LogP contribution < -0.4 is 4.90 Å². The van der Waals surface area contributed by atoms with E-state index in [2.05, 4.69) is 61.1 Å². The molecule has 0 N–H and O–H groups in total. The van der Waals surface area contributed by atoms with Gasteiger partial charge < -0.3 is 9.47 Å². The van der Waals surface area contributed by atoms with Gasteiger partial charge in [0.2, 0.25) is 0 Å². The number of anilines is 1. The molecular formula is C23H24N2O. The van der Waals surface area contributed by atoms with Gasteiger partial charge in [-0.2, -0.15) is 0 Å². The number of benzene rings is 2. The highest BCUT2D eigenvalue weighted by Crippen LogP contribution is 2.32. The highest BCUT2D eigenvalue weighted by Gasteiger charge is 2.25. The molecule has 0 fully saturated rings. The van der Waals surface area contributed by atoms with E-state index in [1.165, 1.54) is 22.4 Å². The number of aromatic nitrogens is 1. The predicted molar refractivity (Wildman–Crippen MR) is 106 cm³/mol. The topological polar surface area (TPSA) is 25.2 Å². The van der Waals surface area contributed by atoms with Gasteiger partial charge in [0.25, 0.3) is 5.91 Å². The highest BCUT2D eigenvalue weighted by atomic mass is 16.2. The minimum atomic E-state index is 0.0669. The Labute approximate surface area is 154 Å². The fraction of sp³-hybridized carbons (Fsp3) is 0.261. The largest absolute Gasteiger partial charge is 0.354 e. The Kier molecular flexibility index (Phi) is 4.37. The van der Waals surface area contributed by atoms with Gasteiger partial charge in [0, 0.05) is 36.6 Å². The van der Waals surface area contributed by atoms with Gasteiger partial charge in [-0.05, 0) is 47.4 Å². The SMILES string of the molecule is CCCc1ccc(C(=O)N2Cc3ccn(C)c3Cc3ccccc32)cc1. The molecule has 0 atom stereocenters. The van der Waals surface area contributed by atoms with Crippen molar-refractivity contribution >= 4 is 11.6 Å². The zero-order valence-corrected chi connectivity index (χ0v) is 15.4. The zero-order chi connectivity index (χ0) is 18.1. The Morgan fingerprint density at radius 1 is 1.00 bits per heavy atom. The molecular weight excluding hydrogens is 320 g/mol. The summed E-state index contributed by atoms with van der Waals surface area (Å²) in [7, 11) is 2.07. The van der Waals surface area contributed by atoms with Crippen LogP contribution in [-0.2, 0) is 26.4 Å². The van der Waals surface area contributed by atoms with Crippen LogP contribution >= 0.6 is 0 Å². The summed E-state index contributed by atoms with van der Waals surface area (Å²) in [6.07, 6.45) is 5.10. The molecule has 1 amide bonds. The smallest absolute Gasteiger partial charge is 0.258 e. The van der Waals surface area contributed by atoms with Gasteiger partial charge in [-0.3, -0.25) is 4.79 Å². The molecule has 26 heavy (non-hydrogen) atoms. The maximum Gasteiger partial charge on any atom is 0.258 e. The van der Waals surface area contributed by atoms with Crippen LogP contribution in [0.1, 0.15) is 46.1 Å². The molecule has 3 aromatic rings. The van der Waals surface area contributed by atoms with Crippen LogP contribution in [0.25, 0.3) is 0 Å². The van der Waals surface area contributed by atoms with Crippen molar-refractivity contribution in [1.29, 1.82) is 0 Å². The fourth-order valence-corrected chi connectivity index (χ4v) is 3.80. The summed E-state index contributed by atoms with van der Waals surface area (Å²) in [4.78, 5) is 15.2. The van der Waals surface area contributed by atoms with Crippen LogP contribution in [0.2, 0.25) is 0 Å². The van der Waals surface area contributed by atoms with E-state index in [0.29, 0.717) is 6.54 Å². The number of rotatable bonds is 3. The Bertz CT molecular complexity index is 937. The van der Waals surface area contributed by atoms with E-state index >= 15 is 0 Å². The third-order valence-electron chi connectivity index (χ3n) is 5.25. The van der Waals surface area contributed by atoms with E-state index < -0.39 is 0 Å². The first-order valence-electron chi connectivity index (χ1n) is 9.29. The van der Waals surface area contributed by atoms with Gasteiger partial charge >= 0.3 is 0 Å². The molecule has 0 aliphatic carbocycles. The molecule has 2 heterocycles. The number of amides is 1. The molecule has 132 valence electrons. The third-order valence-corrected chi connectivity index (χ3v) is 5.25. The van der Waals surface area contributed by atoms with Crippen LogP contribution in [0.15, 0.2) is 60.8 Å². The lowest BCUT2D eigenvalue weighted by molar-refractivity contribution is 0.0985. The van der Waals surface area contributed by atoms with E-state index in [1.54, 1.807) is 0 Å². The van der Waals surface area contributed by atoms with Crippen molar-refractivity contribution in [2.75, 3.05) is 4.90 Å². The second kappa shape index (κ2) is 6.83. The molecule has 4 rings (SSSR count). The zero-order valence-electron chi connectivity index (χ0n) is 15.4. The number of hydrogen-bond donors (Lipinski definition) is 0. The van der Waals surface area contributed by atoms with Crippen LogP contribution in [0, 0.1) is 0 Å². The summed E-state index contributed by atoms with van der Waals surface area (Å²) in [5, 5.41) is 0. The van der Waals surface area contributed by atoms with Crippen molar-refractivity contribution in [3.63, 3.8) is 0 Å². The number of nitrogens with zero attached hydrogens (tertiary/aromatic N) is 2. The van der Waals surface area contributed by atoms with Gasteiger partial charge in [-0.1, -0.05) is 43.7 Å². The number of aryl methyl sites for hydroxylation is 2. The Hall–Kier alpha value is -2.81. The molecule has 0 saturated heterocycles. The molecule has 3 nitrogen and oxygen atoms in total. The van der Waals surface area contributed by atoms with Crippen molar-refractivity contribution < 1.29 is 4.79 Å². The number of para-hydroxylation sites is 1. The molecule has 1 aromatic heterocycles. The van der Waals surface area contributed by atoms with Crippen molar-refractivity contribution in [2.45, 2.75) is 32.7 Å². The lowest BCUT2D eigenvalue weighted by atomic mass is 10.1. The summed E-state index contributed by atoms with van der Waals surface area (Å²) in [6, 6.07) is 18.5. The lowest BCUT2D eigenvalue weighted by Crippen LogP contribution is -2.30. The fourth-order valence-electron chi connectivity index (χ4n) is 3.80. The molecule has 0 bridgehead atoms. The first-order chi connectivity index (χ1) is 12.7. The van der Waals surface area contributed by atoms with Gasteiger partial charge in [0.15, 0.2) is 0 Å². The molecule has 0 spiro atoms. The normalized spacial score (nSPS) is 13.1. The minimum Gasteiger partial charge on any atom is -0.354 e. The van der Waals surface area contributed by atoms with Crippen molar-refractivity contribution in [2.24, 2.45) is 7.05 Å². The van der Waals surface area contributed by atoms with Gasteiger partial charge in [0.1, 0.15) is 0 Å². The van der Waals surface area contributed by atoms with Gasteiger partial charge in [0.05, 0.1) is 6.54 Å². The van der Waals surface area contributed by atoms with E-state index in [1.807, 2.05) is 23.1 Å². The molecule has 1 aliphatic rings. The number of fused-ring (bicyclic) bond motifs is 2. The standard InChI is InChI=1S/C23H24N2O/c1-3-6-17-9-11-18(12-10-17)23(26)25-16-20-13-14-24(2)22(20)15-19-7-4-5-8-21(19)25/h4-5,7-14H,3,6,15-16H2,1-2H3. The van der Waals surface area contributed by atoms with Gasteiger partial charge in [-0.25, -0.2) is 0 Å². The molecule has 3 heteroatoms. The van der Waals surface area contributed by atoms with Crippen molar-refractivity contribution in [1.82, 2.24) is 4.57 Å². The number of hydrogen-bond acceptors (Lipinski definition) is 1. The maximum atomic E-state index is 13.3. The average molecular weight is 344 g/mol. The van der Waals surface area contributed by atoms with Crippen LogP contribution in [0.4, 0.5) is 5.69 Å². The average Bonchev–Trinajstić information content (AvgIpc) is 2.91. The number of carbonyl (C=O) groups is 1. The van der Waals surface area contributed by atoms with Crippen LogP contribution in [0.3, 0.4) is 0 Å². The molecule has 0 unspecified atom stereocenters. The van der Waals surface area contributed by atoms with E-state index in [-0.39, 0.29) is 5.91 Å².